The van der Waals surface area contributed by atoms with Gasteiger partial charge in [-0.25, -0.2) is 22.0 Å². The molecule has 0 fully saturated rings. The van der Waals surface area contributed by atoms with Gasteiger partial charge in [0, 0.05) is 0 Å². The van der Waals surface area contributed by atoms with Crippen molar-refractivity contribution < 1.29 is 34.9 Å². The summed E-state index contributed by atoms with van der Waals surface area (Å²) in [7, 11) is -5.52. The molecular formula is C6H2F5NaO3S. The third-order valence-corrected chi connectivity index (χ3v) is 2.30. The Bertz CT molecular complexity index is 500. The van der Waals surface area contributed by atoms with E-state index in [-0.39, 0.29) is 29.6 Å². The van der Waals surface area contributed by atoms with Crippen LogP contribution in [0.4, 0.5) is 22.0 Å². The Kier molecular flexibility index (Phi) is 4.89. The molecule has 0 radical (unpaired) electrons. The van der Waals surface area contributed by atoms with E-state index >= 15 is 0 Å². The van der Waals surface area contributed by atoms with E-state index in [0.29, 0.717) is 0 Å². The Hall–Kier alpha value is -0.220. The first-order chi connectivity index (χ1) is 6.68. The van der Waals surface area contributed by atoms with Crippen LogP contribution in [0.5, 0.6) is 0 Å². The molecule has 0 saturated heterocycles. The third kappa shape index (κ3) is 2.54. The Morgan fingerprint density at radius 2 is 1.00 bits per heavy atom. The van der Waals surface area contributed by atoms with Crippen LogP contribution >= 0.6 is 0 Å². The Balaban J connectivity index is 0.00000225. The fraction of sp³-hybridized carbons (Fsp3) is 0. The van der Waals surface area contributed by atoms with Crippen molar-refractivity contribution in [2.24, 2.45) is 0 Å². The van der Waals surface area contributed by atoms with Crippen LogP contribution in [-0.4, -0.2) is 42.5 Å². The molecule has 0 heterocycles. The Labute approximate surface area is 108 Å². The number of rotatable bonds is 1. The van der Waals surface area contributed by atoms with Gasteiger partial charge in [0.15, 0.2) is 28.2 Å². The predicted octanol–water partition coefficient (Wildman–Crippen LogP) is 0.980. The van der Waals surface area contributed by atoms with Gasteiger partial charge in [-0.2, -0.15) is 8.42 Å². The molecule has 0 aliphatic rings. The standard InChI is InChI=1S/C6HF5O3S.Na.H/c7-1-2(8)4(10)6(15(12,13)14)5(11)3(1)9;;/h(H,12,13,14);;. The van der Waals surface area contributed by atoms with Gasteiger partial charge >= 0.3 is 39.7 Å². The van der Waals surface area contributed by atoms with Gasteiger partial charge in [0.2, 0.25) is 5.82 Å². The molecule has 1 aromatic carbocycles. The zero-order valence-corrected chi connectivity index (χ0v) is 7.38. The second-order valence-electron chi connectivity index (χ2n) is 2.37. The second-order valence-corrected chi connectivity index (χ2v) is 3.73. The fourth-order valence-electron chi connectivity index (χ4n) is 0.811. The zero-order valence-electron chi connectivity index (χ0n) is 6.56. The number of hydrogen-bond acceptors (Lipinski definition) is 2. The van der Waals surface area contributed by atoms with Crippen LogP contribution in [0.25, 0.3) is 0 Å². The molecule has 0 spiro atoms. The molecule has 0 aliphatic carbocycles. The molecule has 0 atom stereocenters. The van der Waals surface area contributed by atoms with Crippen LogP contribution in [0.2, 0.25) is 0 Å². The maximum absolute atomic E-state index is 12.6. The quantitative estimate of drug-likeness (QED) is 0.272. The molecule has 16 heavy (non-hydrogen) atoms. The van der Waals surface area contributed by atoms with Crippen molar-refractivity contribution in [1.82, 2.24) is 0 Å². The summed E-state index contributed by atoms with van der Waals surface area (Å²) in [6, 6.07) is 0. The van der Waals surface area contributed by atoms with Crippen molar-refractivity contribution in [2.75, 3.05) is 0 Å². The summed E-state index contributed by atoms with van der Waals surface area (Å²) in [4.78, 5) is -2.26. The molecule has 0 saturated carbocycles. The molecule has 0 amide bonds. The van der Waals surface area contributed by atoms with Crippen molar-refractivity contribution in [3.8, 4) is 0 Å². The molecule has 1 aromatic rings. The summed E-state index contributed by atoms with van der Waals surface area (Å²) >= 11 is 0. The van der Waals surface area contributed by atoms with Crippen molar-refractivity contribution in [2.45, 2.75) is 4.90 Å². The van der Waals surface area contributed by atoms with Crippen LogP contribution in [0, 0.1) is 29.1 Å². The normalized spacial score (nSPS) is 11.1. The van der Waals surface area contributed by atoms with Gasteiger partial charge in [0.25, 0.3) is 0 Å². The summed E-state index contributed by atoms with van der Waals surface area (Å²) in [6.07, 6.45) is 0. The fourth-order valence-corrected chi connectivity index (χ4v) is 1.44. The van der Waals surface area contributed by atoms with Crippen molar-refractivity contribution >= 4 is 39.7 Å². The third-order valence-electron chi connectivity index (χ3n) is 1.43. The van der Waals surface area contributed by atoms with Crippen molar-refractivity contribution in [1.29, 1.82) is 0 Å². The molecular weight excluding hydrogens is 270 g/mol. The average Bonchev–Trinajstić information content (AvgIpc) is 2.09. The van der Waals surface area contributed by atoms with Gasteiger partial charge in [-0.05, 0) is 0 Å². The van der Waals surface area contributed by atoms with Crippen LogP contribution in [-0.2, 0) is 10.1 Å². The summed E-state index contributed by atoms with van der Waals surface area (Å²) in [6.45, 7) is 0. The van der Waals surface area contributed by atoms with E-state index in [2.05, 4.69) is 0 Å². The average molecular weight is 272 g/mol. The Morgan fingerprint density at radius 3 is 1.25 bits per heavy atom. The molecule has 0 aliphatic heterocycles. The summed E-state index contributed by atoms with van der Waals surface area (Å²) in [5, 5.41) is 0. The molecule has 1 rings (SSSR count). The topological polar surface area (TPSA) is 54.4 Å². The first kappa shape index (κ1) is 15.8. The predicted molar refractivity (Wildman–Crippen MR) is 43.2 cm³/mol. The van der Waals surface area contributed by atoms with E-state index < -0.39 is 44.1 Å². The first-order valence-electron chi connectivity index (χ1n) is 3.16. The van der Waals surface area contributed by atoms with E-state index in [1.54, 1.807) is 0 Å². The summed E-state index contributed by atoms with van der Waals surface area (Å²) in [5.74, 6) is -12.6. The van der Waals surface area contributed by atoms with Gasteiger partial charge in [-0.1, -0.05) is 0 Å². The number of halogens is 5. The SMILES string of the molecule is O=S(=O)(O)c1c(F)c(F)c(F)c(F)c1F.[NaH]. The molecule has 86 valence electrons. The summed E-state index contributed by atoms with van der Waals surface area (Å²) < 4.78 is 91.3. The van der Waals surface area contributed by atoms with Crippen LogP contribution in [0.1, 0.15) is 0 Å². The van der Waals surface area contributed by atoms with E-state index in [9.17, 15) is 30.4 Å². The molecule has 10 heteroatoms. The minimum atomic E-state index is -5.52. The van der Waals surface area contributed by atoms with Crippen LogP contribution < -0.4 is 0 Å². The van der Waals surface area contributed by atoms with Gasteiger partial charge < -0.3 is 0 Å². The van der Waals surface area contributed by atoms with Gasteiger partial charge in [-0.3, -0.25) is 4.55 Å². The molecule has 3 nitrogen and oxygen atoms in total. The van der Waals surface area contributed by atoms with Crippen molar-refractivity contribution in [3.05, 3.63) is 29.1 Å². The van der Waals surface area contributed by atoms with Crippen LogP contribution in [0.15, 0.2) is 4.90 Å². The van der Waals surface area contributed by atoms with Gasteiger partial charge in [0.1, 0.15) is 0 Å². The number of hydrogen-bond donors (Lipinski definition) is 1. The molecule has 0 bridgehead atoms. The van der Waals surface area contributed by atoms with Gasteiger partial charge in [0.05, 0.1) is 0 Å². The van der Waals surface area contributed by atoms with E-state index in [0.717, 1.165) is 0 Å². The molecule has 1 N–H and O–H groups in total. The van der Waals surface area contributed by atoms with E-state index in [4.69, 9.17) is 4.55 Å². The summed E-state index contributed by atoms with van der Waals surface area (Å²) in [5.41, 5.74) is 0. The molecule has 0 aromatic heterocycles. The Morgan fingerprint density at radius 1 is 0.750 bits per heavy atom. The second kappa shape index (κ2) is 4.96. The monoisotopic (exact) mass is 272 g/mol. The van der Waals surface area contributed by atoms with Crippen LogP contribution in [0.3, 0.4) is 0 Å². The van der Waals surface area contributed by atoms with Crippen molar-refractivity contribution in [3.63, 3.8) is 0 Å². The van der Waals surface area contributed by atoms with Gasteiger partial charge in [-0.15, -0.1) is 0 Å². The maximum atomic E-state index is 12.6. The van der Waals surface area contributed by atoms with E-state index in [1.807, 2.05) is 0 Å². The zero-order chi connectivity index (χ0) is 12.0. The van der Waals surface area contributed by atoms with E-state index in [1.165, 1.54) is 0 Å². The minimum absolute atomic E-state index is 0. The number of benzene rings is 1. The first-order valence-corrected chi connectivity index (χ1v) is 4.61. The molecule has 0 unspecified atom stereocenters.